The van der Waals surface area contributed by atoms with Gasteiger partial charge >= 0.3 is 0 Å². The van der Waals surface area contributed by atoms with E-state index in [0.717, 1.165) is 23.5 Å². The van der Waals surface area contributed by atoms with Crippen LogP contribution >= 0.6 is 11.3 Å². The Labute approximate surface area is 145 Å². The summed E-state index contributed by atoms with van der Waals surface area (Å²) in [5, 5.41) is 12.3. The summed E-state index contributed by atoms with van der Waals surface area (Å²) >= 11 is 0.873. The first-order valence-corrected chi connectivity index (χ1v) is 9.24. The molecule has 0 aliphatic carbocycles. The van der Waals surface area contributed by atoms with Crippen molar-refractivity contribution in [3.63, 3.8) is 0 Å². The second kappa shape index (κ2) is 6.30. The molecule has 130 valence electrons. The molecule has 3 aromatic rings. The van der Waals surface area contributed by atoms with Gasteiger partial charge in [-0.25, -0.2) is 12.8 Å². The van der Waals surface area contributed by atoms with Crippen LogP contribution in [0.15, 0.2) is 50.7 Å². The maximum absolute atomic E-state index is 14.2. The van der Waals surface area contributed by atoms with Crippen molar-refractivity contribution in [1.29, 1.82) is 0 Å². The summed E-state index contributed by atoms with van der Waals surface area (Å²) in [7, 11) is -4.06. The summed E-state index contributed by atoms with van der Waals surface area (Å²) < 4.78 is 41.2. The largest absolute Gasteiger partial charge is 0.411 e. The molecule has 0 bridgehead atoms. The quantitative estimate of drug-likeness (QED) is 0.366. The first-order chi connectivity index (χ1) is 11.8. The van der Waals surface area contributed by atoms with Crippen LogP contribution in [0.4, 0.5) is 10.1 Å². The third kappa shape index (κ3) is 3.26. The molecule has 1 aromatic carbocycles. The maximum atomic E-state index is 14.2. The lowest BCUT2D eigenvalue weighted by Crippen LogP contribution is -2.13. The number of rotatable bonds is 4. The van der Waals surface area contributed by atoms with Gasteiger partial charge in [-0.2, -0.15) is 0 Å². The van der Waals surface area contributed by atoms with Crippen molar-refractivity contribution in [2.75, 3.05) is 4.72 Å². The number of halogens is 1. The molecule has 25 heavy (non-hydrogen) atoms. The molecule has 0 amide bonds. The minimum atomic E-state index is -4.06. The molecule has 0 saturated carbocycles. The number of aromatic amines is 1. The standard InChI is InChI=1S/C15H12FN3O4S2/c1-8(18-21)13-2-3-14(24-13)25(22,23)19-12-7-10-9(6-11(12)16)4-5-17-15(10)20/h2-7,19,21H,1H3,(H,17,20)/b18-8+. The van der Waals surface area contributed by atoms with Crippen molar-refractivity contribution in [1.82, 2.24) is 4.98 Å². The number of hydrogen-bond donors (Lipinski definition) is 3. The van der Waals surface area contributed by atoms with Gasteiger partial charge in [0.1, 0.15) is 10.0 Å². The van der Waals surface area contributed by atoms with Gasteiger partial charge in [0.15, 0.2) is 0 Å². The number of benzene rings is 1. The SMILES string of the molecule is C/C(=N\O)c1ccc(S(=O)(=O)Nc2cc3c(=O)[nH]ccc3cc2F)s1. The molecule has 2 aromatic heterocycles. The van der Waals surface area contributed by atoms with E-state index in [1.807, 2.05) is 0 Å². The molecule has 0 radical (unpaired) electrons. The lowest BCUT2D eigenvalue weighted by Gasteiger charge is -2.08. The Morgan fingerprint density at radius 2 is 2.08 bits per heavy atom. The average molecular weight is 381 g/mol. The highest BCUT2D eigenvalue weighted by Crippen LogP contribution is 2.27. The van der Waals surface area contributed by atoms with Gasteiger partial charge in [-0.15, -0.1) is 11.3 Å². The van der Waals surface area contributed by atoms with Crippen LogP contribution in [0.2, 0.25) is 0 Å². The molecule has 10 heteroatoms. The predicted molar refractivity (Wildman–Crippen MR) is 93.7 cm³/mol. The highest BCUT2D eigenvalue weighted by molar-refractivity contribution is 7.94. The van der Waals surface area contributed by atoms with Crippen molar-refractivity contribution in [3.8, 4) is 0 Å². The van der Waals surface area contributed by atoms with Crippen LogP contribution < -0.4 is 10.3 Å². The maximum Gasteiger partial charge on any atom is 0.271 e. The van der Waals surface area contributed by atoms with Crippen LogP contribution in [0.25, 0.3) is 10.8 Å². The van der Waals surface area contributed by atoms with Crippen molar-refractivity contribution < 1.29 is 18.0 Å². The zero-order chi connectivity index (χ0) is 18.2. The van der Waals surface area contributed by atoms with E-state index in [0.29, 0.717) is 10.3 Å². The predicted octanol–water partition coefficient (Wildman–Crippen LogP) is 2.73. The molecular weight excluding hydrogens is 369 g/mol. The van der Waals surface area contributed by atoms with E-state index in [-0.39, 0.29) is 21.0 Å². The lowest BCUT2D eigenvalue weighted by atomic mass is 10.1. The normalized spacial score (nSPS) is 12.5. The van der Waals surface area contributed by atoms with Gasteiger partial charge in [-0.1, -0.05) is 5.16 Å². The number of aromatic nitrogens is 1. The van der Waals surface area contributed by atoms with E-state index in [1.54, 1.807) is 0 Å². The van der Waals surface area contributed by atoms with Crippen molar-refractivity contribution >= 4 is 43.5 Å². The van der Waals surface area contributed by atoms with Crippen molar-refractivity contribution in [3.05, 3.63) is 57.6 Å². The monoisotopic (exact) mass is 381 g/mol. The Morgan fingerprint density at radius 1 is 1.32 bits per heavy atom. The summed E-state index contributed by atoms with van der Waals surface area (Å²) in [6, 6.07) is 6.56. The van der Waals surface area contributed by atoms with E-state index >= 15 is 0 Å². The molecule has 0 atom stereocenters. The fourth-order valence-electron chi connectivity index (χ4n) is 2.19. The summed E-state index contributed by atoms with van der Waals surface area (Å²) in [4.78, 5) is 14.7. The Morgan fingerprint density at radius 3 is 2.80 bits per heavy atom. The number of oxime groups is 1. The Hall–Kier alpha value is -2.72. The lowest BCUT2D eigenvalue weighted by molar-refractivity contribution is 0.319. The van der Waals surface area contributed by atoms with E-state index in [9.17, 15) is 17.6 Å². The number of fused-ring (bicyclic) bond motifs is 1. The van der Waals surface area contributed by atoms with Crippen LogP contribution in [0, 0.1) is 5.82 Å². The number of pyridine rings is 1. The van der Waals surface area contributed by atoms with E-state index < -0.39 is 21.4 Å². The number of thiophene rings is 1. The van der Waals surface area contributed by atoms with Crippen LogP contribution in [0.3, 0.4) is 0 Å². The fourth-order valence-corrected chi connectivity index (χ4v) is 4.49. The van der Waals surface area contributed by atoms with Crippen LogP contribution in [-0.4, -0.2) is 24.3 Å². The molecule has 7 nitrogen and oxygen atoms in total. The second-order valence-corrected chi connectivity index (χ2v) is 8.13. The fraction of sp³-hybridized carbons (Fsp3) is 0.0667. The van der Waals surface area contributed by atoms with Gasteiger partial charge in [0.05, 0.1) is 16.3 Å². The molecule has 2 heterocycles. The molecule has 0 fully saturated rings. The molecule has 0 spiro atoms. The van der Waals surface area contributed by atoms with E-state index in [1.165, 1.54) is 31.3 Å². The Balaban J connectivity index is 2.02. The average Bonchev–Trinajstić information content (AvgIpc) is 3.06. The van der Waals surface area contributed by atoms with Crippen molar-refractivity contribution in [2.24, 2.45) is 5.16 Å². The summed E-state index contributed by atoms with van der Waals surface area (Å²) in [5.74, 6) is -0.799. The smallest absolute Gasteiger partial charge is 0.271 e. The van der Waals surface area contributed by atoms with Gasteiger partial charge in [-0.05, 0) is 42.6 Å². The van der Waals surface area contributed by atoms with Gasteiger partial charge in [-0.3, -0.25) is 9.52 Å². The van der Waals surface area contributed by atoms with E-state index in [2.05, 4.69) is 14.9 Å². The molecular formula is C15H12FN3O4S2. The number of sulfonamides is 1. The summed E-state index contributed by atoms with van der Waals surface area (Å²) in [6.07, 6.45) is 1.38. The van der Waals surface area contributed by atoms with Crippen LogP contribution in [-0.2, 0) is 10.0 Å². The third-order valence-corrected chi connectivity index (χ3v) is 6.51. The third-order valence-electron chi connectivity index (χ3n) is 3.46. The Bertz CT molecular complexity index is 1150. The summed E-state index contributed by atoms with van der Waals surface area (Å²) in [5.41, 5.74) is -0.521. The zero-order valence-corrected chi connectivity index (χ0v) is 14.4. The van der Waals surface area contributed by atoms with Crippen LogP contribution in [0.1, 0.15) is 11.8 Å². The molecule has 0 aliphatic heterocycles. The number of nitrogens with one attached hydrogen (secondary N) is 2. The van der Waals surface area contributed by atoms with Gasteiger partial charge in [0, 0.05) is 11.6 Å². The van der Waals surface area contributed by atoms with Gasteiger partial charge in [0.25, 0.3) is 15.6 Å². The molecule has 3 N–H and O–H groups in total. The second-order valence-electron chi connectivity index (χ2n) is 5.14. The highest BCUT2D eigenvalue weighted by atomic mass is 32.2. The van der Waals surface area contributed by atoms with E-state index in [4.69, 9.17) is 5.21 Å². The first kappa shape index (κ1) is 17.1. The topological polar surface area (TPSA) is 112 Å². The molecule has 0 unspecified atom stereocenters. The minimum Gasteiger partial charge on any atom is -0.411 e. The molecule has 3 rings (SSSR count). The first-order valence-electron chi connectivity index (χ1n) is 6.94. The van der Waals surface area contributed by atoms with Crippen LogP contribution in [0.5, 0.6) is 0 Å². The molecule has 0 aliphatic rings. The zero-order valence-electron chi connectivity index (χ0n) is 12.8. The minimum absolute atomic E-state index is 0.0769. The number of nitrogens with zero attached hydrogens (tertiary/aromatic N) is 1. The van der Waals surface area contributed by atoms with Crippen molar-refractivity contribution in [2.45, 2.75) is 11.1 Å². The number of anilines is 1. The number of H-pyrrole nitrogens is 1. The van der Waals surface area contributed by atoms with Gasteiger partial charge in [0.2, 0.25) is 0 Å². The summed E-state index contributed by atoms with van der Waals surface area (Å²) in [6.45, 7) is 1.52. The van der Waals surface area contributed by atoms with Gasteiger partial charge < -0.3 is 10.2 Å². The highest BCUT2D eigenvalue weighted by Gasteiger charge is 2.20. The molecule has 0 saturated heterocycles. The Kier molecular flexibility index (Phi) is 4.31. The number of hydrogen-bond acceptors (Lipinski definition) is 6.